The van der Waals surface area contributed by atoms with Gasteiger partial charge in [-0.1, -0.05) is 37.3 Å². The Morgan fingerprint density at radius 3 is 2.50 bits per heavy atom. The molecule has 1 aliphatic heterocycles. The van der Waals surface area contributed by atoms with Gasteiger partial charge in [-0.25, -0.2) is 0 Å². The molecule has 0 unspecified atom stereocenters. The van der Waals surface area contributed by atoms with E-state index in [9.17, 15) is 4.79 Å². The summed E-state index contributed by atoms with van der Waals surface area (Å²) < 4.78 is 0. The van der Waals surface area contributed by atoms with Gasteiger partial charge in [0.05, 0.1) is 0 Å². The van der Waals surface area contributed by atoms with Crippen molar-refractivity contribution in [2.45, 2.75) is 32.1 Å². The number of benzene rings is 1. The molecule has 0 radical (unpaired) electrons. The number of hydrogen-bond donors (Lipinski definition) is 0. The van der Waals surface area contributed by atoms with Gasteiger partial charge in [0.1, 0.15) is 0 Å². The summed E-state index contributed by atoms with van der Waals surface area (Å²) in [6.07, 6.45) is 2.99. The largest absolute Gasteiger partial charge is 0.343 e. The molecule has 1 aromatic rings. The Morgan fingerprint density at radius 1 is 1.25 bits per heavy atom. The van der Waals surface area contributed by atoms with Gasteiger partial charge < -0.3 is 4.90 Å². The second-order valence-corrected chi connectivity index (χ2v) is 4.60. The predicted octanol–water partition coefficient (Wildman–Crippen LogP) is 2.80. The van der Waals surface area contributed by atoms with Crippen LogP contribution in [0, 0.1) is 0 Å². The van der Waals surface area contributed by atoms with Crippen molar-refractivity contribution in [1.29, 1.82) is 0 Å². The maximum atomic E-state index is 12.0. The molecule has 0 aliphatic carbocycles. The van der Waals surface area contributed by atoms with Gasteiger partial charge in [0, 0.05) is 19.5 Å². The molecule has 1 heterocycles. The first kappa shape index (κ1) is 11.2. The monoisotopic (exact) mass is 217 g/mol. The first-order valence-electron chi connectivity index (χ1n) is 6.10. The number of nitrogens with zero attached hydrogens (tertiary/aromatic N) is 1. The second-order valence-electron chi connectivity index (χ2n) is 4.60. The van der Waals surface area contributed by atoms with Crippen LogP contribution in [0.4, 0.5) is 0 Å². The highest BCUT2D eigenvalue weighted by Gasteiger charge is 2.20. The van der Waals surface area contributed by atoms with Crippen LogP contribution >= 0.6 is 0 Å². The number of amides is 1. The van der Waals surface area contributed by atoms with Crippen molar-refractivity contribution >= 4 is 5.91 Å². The normalized spacial score (nSPS) is 17.4. The molecule has 16 heavy (non-hydrogen) atoms. The van der Waals surface area contributed by atoms with E-state index in [2.05, 4.69) is 19.1 Å². The van der Waals surface area contributed by atoms with Crippen LogP contribution in [-0.2, 0) is 4.79 Å². The zero-order valence-electron chi connectivity index (χ0n) is 9.86. The third-order valence-electron chi connectivity index (χ3n) is 3.31. The fourth-order valence-electron chi connectivity index (χ4n) is 2.26. The van der Waals surface area contributed by atoms with Crippen LogP contribution in [0.2, 0.25) is 0 Å². The second kappa shape index (κ2) is 5.15. The molecule has 2 rings (SSSR count). The Bertz CT molecular complexity index is 341. The van der Waals surface area contributed by atoms with E-state index < -0.39 is 0 Å². The lowest BCUT2D eigenvalue weighted by Crippen LogP contribution is -2.28. The molecule has 0 saturated carbocycles. The van der Waals surface area contributed by atoms with Crippen LogP contribution in [0.15, 0.2) is 30.3 Å². The fraction of sp³-hybridized carbons (Fsp3) is 0.500. The number of rotatable bonds is 3. The van der Waals surface area contributed by atoms with Crippen molar-refractivity contribution in [2.24, 2.45) is 0 Å². The highest BCUT2D eigenvalue weighted by atomic mass is 16.2. The molecule has 0 aromatic heterocycles. The average molecular weight is 217 g/mol. The molecule has 0 N–H and O–H groups in total. The van der Waals surface area contributed by atoms with Gasteiger partial charge >= 0.3 is 0 Å². The predicted molar refractivity (Wildman–Crippen MR) is 65.3 cm³/mol. The maximum absolute atomic E-state index is 12.0. The van der Waals surface area contributed by atoms with Gasteiger partial charge in [0.2, 0.25) is 5.91 Å². The molecule has 1 saturated heterocycles. The molecule has 0 bridgehead atoms. The molecule has 1 atom stereocenters. The molecule has 1 fully saturated rings. The summed E-state index contributed by atoms with van der Waals surface area (Å²) in [6, 6.07) is 10.3. The lowest BCUT2D eigenvalue weighted by molar-refractivity contribution is -0.130. The molecule has 2 nitrogen and oxygen atoms in total. The SMILES string of the molecule is C[C@H](CC(=O)N1CCCC1)c1ccccc1. The maximum Gasteiger partial charge on any atom is 0.223 e. The summed E-state index contributed by atoms with van der Waals surface area (Å²) in [4.78, 5) is 14.0. The summed E-state index contributed by atoms with van der Waals surface area (Å²) in [7, 11) is 0. The number of carbonyl (C=O) groups is 1. The van der Waals surface area contributed by atoms with Crippen LogP contribution in [0.1, 0.15) is 37.7 Å². The Kier molecular flexibility index (Phi) is 3.60. The van der Waals surface area contributed by atoms with Crippen LogP contribution in [0.5, 0.6) is 0 Å². The van der Waals surface area contributed by atoms with Gasteiger partial charge in [0.15, 0.2) is 0 Å². The van der Waals surface area contributed by atoms with Crippen molar-refractivity contribution in [3.8, 4) is 0 Å². The van der Waals surface area contributed by atoms with Crippen molar-refractivity contribution in [2.75, 3.05) is 13.1 Å². The van der Waals surface area contributed by atoms with Crippen molar-refractivity contribution in [1.82, 2.24) is 4.90 Å². The first-order valence-corrected chi connectivity index (χ1v) is 6.10. The van der Waals surface area contributed by atoms with E-state index in [1.165, 1.54) is 18.4 Å². The molecule has 2 heteroatoms. The molecule has 1 aliphatic rings. The van der Waals surface area contributed by atoms with Crippen molar-refractivity contribution < 1.29 is 4.79 Å². The summed E-state index contributed by atoms with van der Waals surface area (Å²) >= 11 is 0. The highest BCUT2D eigenvalue weighted by molar-refractivity contribution is 5.77. The summed E-state index contributed by atoms with van der Waals surface area (Å²) in [6.45, 7) is 4.05. The van der Waals surface area contributed by atoms with Gasteiger partial charge in [-0.3, -0.25) is 4.79 Å². The third-order valence-corrected chi connectivity index (χ3v) is 3.31. The minimum absolute atomic E-state index is 0.314. The minimum atomic E-state index is 0.314. The molecule has 86 valence electrons. The smallest absolute Gasteiger partial charge is 0.223 e. The Balaban J connectivity index is 1.92. The zero-order chi connectivity index (χ0) is 11.4. The fourth-order valence-corrected chi connectivity index (χ4v) is 2.26. The highest BCUT2D eigenvalue weighted by Crippen LogP contribution is 2.20. The zero-order valence-corrected chi connectivity index (χ0v) is 9.86. The van der Waals surface area contributed by atoms with E-state index in [0.29, 0.717) is 18.2 Å². The van der Waals surface area contributed by atoms with E-state index in [4.69, 9.17) is 0 Å². The summed E-state index contributed by atoms with van der Waals surface area (Å²) in [5, 5.41) is 0. The van der Waals surface area contributed by atoms with Crippen LogP contribution in [-0.4, -0.2) is 23.9 Å². The van der Waals surface area contributed by atoms with E-state index >= 15 is 0 Å². The molecule has 1 aromatic carbocycles. The quantitative estimate of drug-likeness (QED) is 0.762. The number of hydrogen-bond acceptors (Lipinski definition) is 1. The van der Waals surface area contributed by atoms with Gasteiger partial charge in [-0.05, 0) is 24.3 Å². The van der Waals surface area contributed by atoms with E-state index in [-0.39, 0.29) is 0 Å². The molecule has 1 amide bonds. The topological polar surface area (TPSA) is 20.3 Å². The molecule has 0 spiro atoms. The van der Waals surface area contributed by atoms with Crippen LogP contribution in [0.3, 0.4) is 0 Å². The lowest BCUT2D eigenvalue weighted by atomic mass is 9.97. The molecular weight excluding hydrogens is 198 g/mol. The lowest BCUT2D eigenvalue weighted by Gasteiger charge is -2.18. The number of carbonyl (C=O) groups excluding carboxylic acids is 1. The summed E-state index contributed by atoms with van der Waals surface area (Å²) in [5.74, 6) is 0.642. The first-order chi connectivity index (χ1) is 7.77. The Hall–Kier alpha value is -1.31. The Labute approximate surface area is 97.3 Å². The van der Waals surface area contributed by atoms with E-state index in [0.717, 1.165) is 13.1 Å². The van der Waals surface area contributed by atoms with Gasteiger partial charge in [-0.2, -0.15) is 0 Å². The van der Waals surface area contributed by atoms with E-state index in [1.807, 2.05) is 23.1 Å². The standard InChI is InChI=1S/C14H19NO/c1-12(13-7-3-2-4-8-13)11-14(16)15-9-5-6-10-15/h2-4,7-8,12H,5-6,9-11H2,1H3/t12-/m1/s1. The molecular formula is C14H19NO. The van der Waals surface area contributed by atoms with Crippen LogP contribution < -0.4 is 0 Å². The van der Waals surface area contributed by atoms with Gasteiger partial charge in [-0.15, -0.1) is 0 Å². The van der Waals surface area contributed by atoms with Crippen LogP contribution in [0.25, 0.3) is 0 Å². The van der Waals surface area contributed by atoms with Gasteiger partial charge in [0.25, 0.3) is 0 Å². The van der Waals surface area contributed by atoms with Crippen molar-refractivity contribution in [3.63, 3.8) is 0 Å². The third kappa shape index (κ3) is 2.63. The van der Waals surface area contributed by atoms with E-state index in [1.54, 1.807) is 0 Å². The minimum Gasteiger partial charge on any atom is -0.343 e. The number of likely N-dealkylation sites (tertiary alicyclic amines) is 1. The van der Waals surface area contributed by atoms with Crippen molar-refractivity contribution in [3.05, 3.63) is 35.9 Å². The summed E-state index contributed by atoms with van der Waals surface area (Å²) in [5.41, 5.74) is 1.26. The Morgan fingerprint density at radius 2 is 1.88 bits per heavy atom. The average Bonchev–Trinajstić information content (AvgIpc) is 2.83.